The van der Waals surface area contributed by atoms with E-state index in [0.29, 0.717) is 38.2 Å². The fourth-order valence-electron chi connectivity index (χ4n) is 4.01. The topological polar surface area (TPSA) is 98.8 Å². The summed E-state index contributed by atoms with van der Waals surface area (Å²) in [7, 11) is 0. The number of hydrogen-bond donors (Lipinski definition) is 5. The third kappa shape index (κ3) is 5.59. The summed E-state index contributed by atoms with van der Waals surface area (Å²) in [4.78, 5) is 17.0. The maximum absolute atomic E-state index is 13.7. The first-order valence-electron chi connectivity index (χ1n) is 10.3. The van der Waals surface area contributed by atoms with E-state index in [4.69, 9.17) is 4.74 Å². The average Bonchev–Trinajstić information content (AvgIpc) is 3.10. The number of hydrazine groups is 1. The van der Waals surface area contributed by atoms with Crippen molar-refractivity contribution in [3.05, 3.63) is 0 Å². The van der Waals surface area contributed by atoms with Gasteiger partial charge in [0.2, 0.25) is 5.91 Å². The lowest BCUT2D eigenvalue weighted by Gasteiger charge is -2.30. The summed E-state index contributed by atoms with van der Waals surface area (Å²) in [6.45, 7) is 4.27. The molecule has 1 aliphatic carbocycles. The number of halogens is 2. The van der Waals surface area contributed by atoms with Crippen LogP contribution in [0.4, 0.5) is 8.78 Å². The molecular weight excluding hydrogens is 370 g/mol. The Morgan fingerprint density at radius 1 is 1.21 bits per heavy atom. The highest BCUT2D eigenvalue weighted by Gasteiger charge is 2.38. The van der Waals surface area contributed by atoms with E-state index in [1.54, 1.807) is 0 Å². The summed E-state index contributed by atoms with van der Waals surface area (Å²) in [6.07, 6.45) is -0.693. The molecule has 0 aromatic rings. The number of nitrogens with one attached hydrogen (secondary N) is 5. The number of hydrogen-bond acceptors (Lipinski definition) is 6. The highest BCUT2D eigenvalue weighted by Crippen LogP contribution is 2.29. The largest absolute Gasteiger partial charge is 0.380 e. The zero-order chi connectivity index (χ0) is 19.9. The normalized spacial score (nSPS) is 36.0. The first-order valence-corrected chi connectivity index (χ1v) is 10.3. The molecule has 10 heteroatoms. The first-order chi connectivity index (χ1) is 13.6. The van der Waals surface area contributed by atoms with Crippen LogP contribution < -0.4 is 26.8 Å². The van der Waals surface area contributed by atoms with Gasteiger partial charge in [0.25, 0.3) is 0 Å². The van der Waals surface area contributed by atoms with E-state index in [1.807, 2.05) is 6.92 Å². The van der Waals surface area contributed by atoms with E-state index >= 15 is 0 Å². The Kier molecular flexibility index (Phi) is 7.95. The van der Waals surface area contributed by atoms with Crippen LogP contribution in [0, 0.1) is 5.92 Å². The number of amides is 1. The maximum atomic E-state index is 13.7. The zero-order valence-corrected chi connectivity index (χ0v) is 16.3. The van der Waals surface area contributed by atoms with Crippen LogP contribution >= 0.6 is 0 Å². The van der Waals surface area contributed by atoms with Gasteiger partial charge in [-0.05, 0) is 45.6 Å². The second-order valence-electron chi connectivity index (χ2n) is 7.60. The molecule has 1 amide bonds. The molecule has 28 heavy (non-hydrogen) atoms. The molecule has 8 nitrogen and oxygen atoms in total. The molecule has 0 aromatic carbocycles. The lowest BCUT2D eigenvalue weighted by atomic mass is 9.86. The Balaban J connectivity index is 1.59. The second kappa shape index (κ2) is 10.4. The summed E-state index contributed by atoms with van der Waals surface area (Å²) >= 11 is 0. The minimum atomic E-state index is -1.58. The van der Waals surface area contributed by atoms with Crippen LogP contribution in [0.3, 0.4) is 0 Å². The van der Waals surface area contributed by atoms with Gasteiger partial charge in [-0.15, -0.1) is 0 Å². The van der Waals surface area contributed by atoms with Crippen molar-refractivity contribution >= 4 is 11.9 Å². The Bertz CT molecular complexity index is 552. The summed E-state index contributed by atoms with van der Waals surface area (Å²) in [5, 5.41) is 9.49. The number of aliphatic imine (C=N–C) groups is 1. The first kappa shape index (κ1) is 21.4. The monoisotopic (exact) mass is 402 g/mol. The summed E-state index contributed by atoms with van der Waals surface area (Å²) in [5.74, 6) is -0.540. The molecular formula is C18H32F2N6O2. The third-order valence-corrected chi connectivity index (χ3v) is 5.60. The molecule has 0 aromatic heterocycles. The number of guanidine groups is 1. The Morgan fingerprint density at radius 3 is 2.86 bits per heavy atom. The molecule has 2 heterocycles. The van der Waals surface area contributed by atoms with Crippen molar-refractivity contribution in [3.63, 3.8) is 0 Å². The van der Waals surface area contributed by atoms with Gasteiger partial charge in [-0.1, -0.05) is 0 Å². The van der Waals surface area contributed by atoms with Crippen molar-refractivity contribution < 1.29 is 18.3 Å². The SMILES string of the molecule is CCOCCN=C(NC(=O)C1CCC(F)C(F)C1)NC1NNC2CCCNC21. The van der Waals surface area contributed by atoms with Crippen molar-refractivity contribution in [2.24, 2.45) is 10.9 Å². The Morgan fingerprint density at radius 2 is 2.07 bits per heavy atom. The molecule has 0 radical (unpaired) electrons. The number of alkyl halides is 2. The second-order valence-corrected chi connectivity index (χ2v) is 7.60. The van der Waals surface area contributed by atoms with Crippen molar-refractivity contribution in [1.29, 1.82) is 0 Å². The van der Waals surface area contributed by atoms with Gasteiger partial charge in [0.05, 0.1) is 19.2 Å². The molecule has 0 spiro atoms. The van der Waals surface area contributed by atoms with Crippen LogP contribution in [-0.4, -0.2) is 68.8 Å². The van der Waals surface area contributed by atoms with Crippen LogP contribution in [0.15, 0.2) is 4.99 Å². The van der Waals surface area contributed by atoms with Gasteiger partial charge in [0.1, 0.15) is 18.5 Å². The number of fused-ring (bicyclic) bond motifs is 1. The molecule has 6 atom stereocenters. The molecule has 3 rings (SSSR count). The lowest BCUT2D eigenvalue weighted by molar-refractivity contribution is -0.125. The smallest absolute Gasteiger partial charge is 0.229 e. The van der Waals surface area contributed by atoms with Gasteiger partial charge >= 0.3 is 0 Å². The molecule has 3 fully saturated rings. The molecule has 5 N–H and O–H groups in total. The number of carbonyl (C=O) groups excluding carboxylic acids is 1. The van der Waals surface area contributed by atoms with Crippen molar-refractivity contribution in [2.75, 3.05) is 26.3 Å². The van der Waals surface area contributed by atoms with Gasteiger partial charge in [-0.3, -0.25) is 20.5 Å². The number of carbonyl (C=O) groups is 1. The number of nitrogens with zero attached hydrogens (tertiary/aromatic N) is 1. The van der Waals surface area contributed by atoms with Crippen LogP contribution in [0.5, 0.6) is 0 Å². The highest BCUT2D eigenvalue weighted by atomic mass is 19.2. The number of rotatable bonds is 6. The Labute approximate surface area is 164 Å². The minimum absolute atomic E-state index is 0.0747. The van der Waals surface area contributed by atoms with Crippen LogP contribution in [0.1, 0.15) is 39.0 Å². The van der Waals surface area contributed by atoms with Gasteiger partial charge in [-0.25, -0.2) is 14.2 Å². The van der Waals surface area contributed by atoms with Crippen molar-refractivity contribution in [1.82, 2.24) is 26.8 Å². The standard InChI is InChI=1S/C18H32F2N6O2/c1-2-28-9-8-22-18(23-16-15-14(25-26-16)4-3-7-21-15)24-17(27)11-5-6-12(19)13(20)10-11/h11-16,21,25-26H,2-10H2,1H3,(H2,22,23,24,27). The van der Waals surface area contributed by atoms with E-state index in [-0.39, 0.29) is 31.0 Å². The summed E-state index contributed by atoms with van der Waals surface area (Å²) < 4.78 is 32.4. The fourth-order valence-corrected chi connectivity index (χ4v) is 4.01. The maximum Gasteiger partial charge on any atom is 0.229 e. The van der Waals surface area contributed by atoms with E-state index in [2.05, 4.69) is 31.8 Å². The molecule has 2 aliphatic heterocycles. The van der Waals surface area contributed by atoms with Crippen LogP contribution in [0.25, 0.3) is 0 Å². The number of piperidine rings is 1. The van der Waals surface area contributed by atoms with Crippen molar-refractivity contribution in [3.8, 4) is 0 Å². The van der Waals surface area contributed by atoms with Crippen molar-refractivity contribution in [2.45, 2.75) is 69.6 Å². The predicted octanol–water partition coefficient (Wildman–Crippen LogP) is 0.116. The van der Waals surface area contributed by atoms with Gasteiger partial charge in [0.15, 0.2) is 5.96 Å². The van der Waals surface area contributed by atoms with E-state index in [1.165, 1.54) is 0 Å². The van der Waals surface area contributed by atoms with Crippen LogP contribution in [0.2, 0.25) is 0 Å². The van der Waals surface area contributed by atoms with E-state index < -0.39 is 18.3 Å². The Hall–Kier alpha value is -1.36. The summed E-state index contributed by atoms with van der Waals surface area (Å²) in [6, 6.07) is 0.471. The quantitative estimate of drug-likeness (QED) is 0.246. The lowest BCUT2D eigenvalue weighted by Crippen LogP contribution is -2.59. The van der Waals surface area contributed by atoms with Gasteiger partial charge in [-0.2, -0.15) is 0 Å². The minimum Gasteiger partial charge on any atom is -0.380 e. The molecule has 160 valence electrons. The molecule has 0 bridgehead atoms. The average molecular weight is 402 g/mol. The van der Waals surface area contributed by atoms with E-state index in [0.717, 1.165) is 19.4 Å². The number of ether oxygens (including phenoxy) is 1. The molecule has 3 aliphatic rings. The highest BCUT2D eigenvalue weighted by molar-refractivity contribution is 5.98. The zero-order valence-electron chi connectivity index (χ0n) is 16.3. The molecule has 2 saturated heterocycles. The van der Waals surface area contributed by atoms with Gasteiger partial charge in [0, 0.05) is 18.6 Å². The summed E-state index contributed by atoms with van der Waals surface area (Å²) in [5.41, 5.74) is 6.46. The molecule has 1 saturated carbocycles. The van der Waals surface area contributed by atoms with E-state index in [9.17, 15) is 13.6 Å². The van der Waals surface area contributed by atoms with Crippen LogP contribution in [-0.2, 0) is 9.53 Å². The fraction of sp³-hybridized carbons (Fsp3) is 0.889. The van der Waals surface area contributed by atoms with Gasteiger partial charge < -0.3 is 15.4 Å². The predicted molar refractivity (Wildman–Crippen MR) is 102 cm³/mol. The third-order valence-electron chi connectivity index (χ3n) is 5.60. The molecule has 6 unspecified atom stereocenters.